The van der Waals surface area contributed by atoms with Gasteiger partial charge >= 0.3 is 12.1 Å². The van der Waals surface area contributed by atoms with E-state index < -0.39 is 18.2 Å². The van der Waals surface area contributed by atoms with Gasteiger partial charge in [0, 0.05) is 6.42 Å². The van der Waals surface area contributed by atoms with Crippen molar-refractivity contribution >= 4 is 5.97 Å². The summed E-state index contributed by atoms with van der Waals surface area (Å²) in [6.07, 6.45) is -6.00. The van der Waals surface area contributed by atoms with E-state index in [9.17, 15) is 18.0 Å². The average molecular weight is 168 g/mol. The molecule has 0 bridgehead atoms. The highest BCUT2D eigenvalue weighted by Crippen LogP contribution is 2.29. The first-order chi connectivity index (χ1) is 5.00. The van der Waals surface area contributed by atoms with Crippen molar-refractivity contribution in [2.24, 2.45) is 0 Å². The van der Waals surface area contributed by atoms with Crippen LogP contribution >= 0.6 is 0 Å². The average Bonchev–Trinajstić information content (AvgIpc) is 1.86. The van der Waals surface area contributed by atoms with Gasteiger partial charge in [0.15, 0.2) is 6.10 Å². The summed E-state index contributed by atoms with van der Waals surface area (Å²) in [4.78, 5) is 10.4. The molecule has 0 aromatic carbocycles. The molecule has 64 valence electrons. The summed E-state index contributed by atoms with van der Waals surface area (Å²) in [7, 11) is 0. The van der Waals surface area contributed by atoms with Crippen LogP contribution in [0.25, 0.3) is 0 Å². The maximum Gasteiger partial charge on any atom is 0.425 e. The van der Waals surface area contributed by atoms with E-state index in [4.69, 9.17) is 0 Å². The molecule has 0 aromatic heterocycles. The second-order valence-corrected chi connectivity index (χ2v) is 2.41. The molecule has 11 heavy (non-hydrogen) atoms. The Labute approximate surface area is 61.3 Å². The van der Waals surface area contributed by atoms with Crippen molar-refractivity contribution in [2.45, 2.75) is 31.5 Å². The molecule has 0 saturated carbocycles. The molecule has 0 N–H and O–H groups in total. The molecule has 1 unspecified atom stereocenters. The molecule has 1 fully saturated rings. The van der Waals surface area contributed by atoms with E-state index in [2.05, 4.69) is 4.74 Å². The predicted molar refractivity (Wildman–Crippen MR) is 29.8 cm³/mol. The van der Waals surface area contributed by atoms with Crippen molar-refractivity contribution in [3.63, 3.8) is 0 Å². The van der Waals surface area contributed by atoms with E-state index in [1.807, 2.05) is 0 Å². The first-order valence-corrected chi connectivity index (χ1v) is 3.26. The third-order valence-electron chi connectivity index (χ3n) is 1.49. The van der Waals surface area contributed by atoms with Gasteiger partial charge < -0.3 is 4.74 Å². The zero-order valence-corrected chi connectivity index (χ0v) is 5.65. The van der Waals surface area contributed by atoms with Crippen molar-refractivity contribution in [1.82, 2.24) is 0 Å². The lowest BCUT2D eigenvalue weighted by molar-refractivity contribution is -0.228. The van der Waals surface area contributed by atoms with Gasteiger partial charge in [-0.25, -0.2) is 0 Å². The second-order valence-electron chi connectivity index (χ2n) is 2.41. The van der Waals surface area contributed by atoms with Crippen LogP contribution < -0.4 is 0 Å². The fourth-order valence-electron chi connectivity index (χ4n) is 0.939. The van der Waals surface area contributed by atoms with E-state index in [1.54, 1.807) is 0 Å². The molecule has 0 amide bonds. The highest BCUT2D eigenvalue weighted by atomic mass is 19.4. The van der Waals surface area contributed by atoms with Gasteiger partial charge in [-0.15, -0.1) is 0 Å². The molecule has 0 aliphatic carbocycles. The smallest absolute Gasteiger partial charge is 0.425 e. The number of esters is 1. The van der Waals surface area contributed by atoms with Crippen LogP contribution in [0, 0.1) is 0 Å². The molecule has 1 aliphatic heterocycles. The number of carbonyl (C=O) groups excluding carboxylic acids is 1. The second kappa shape index (κ2) is 2.71. The molecular weight excluding hydrogens is 161 g/mol. The van der Waals surface area contributed by atoms with Gasteiger partial charge in [0.2, 0.25) is 0 Å². The first-order valence-electron chi connectivity index (χ1n) is 3.26. The van der Waals surface area contributed by atoms with Gasteiger partial charge in [-0.2, -0.15) is 13.2 Å². The number of rotatable bonds is 0. The molecule has 0 aromatic rings. The number of carbonyl (C=O) groups is 1. The summed E-state index contributed by atoms with van der Waals surface area (Å²) >= 11 is 0. The number of halogens is 3. The molecule has 0 radical (unpaired) electrons. The molecule has 1 atom stereocenters. The molecule has 0 spiro atoms. The summed E-state index contributed by atoms with van der Waals surface area (Å²) in [5, 5.41) is 0. The monoisotopic (exact) mass is 168 g/mol. The van der Waals surface area contributed by atoms with Crippen LogP contribution in [-0.2, 0) is 9.53 Å². The largest absolute Gasteiger partial charge is 0.453 e. The van der Waals surface area contributed by atoms with Crippen LogP contribution in [0.3, 0.4) is 0 Å². The number of hydrogen-bond donors (Lipinski definition) is 0. The van der Waals surface area contributed by atoms with E-state index in [1.165, 1.54) is 0 Å². The highest BCUT2D eigenvalue weighted by Gasteiger charge is 2.43. The molecule has 1 heterocycles. The van der Waals surface area contributed by atoms with Gasteiger partial charge in [-0.1, -0.05) is 0 Å². The predicted octanol–water partition coefficient (Wildman–Crippen LogP) is 1.64. The Kier molecular flexibility index (Phi) is 2.06. The molecule has 1 rings (SSSR count). The molecule has 1 saturated heterocycles. The Morgan fingerprint density at radius 1 is 1.45 bits per heavy atom. The van der Waals surface area contributed by atoms with Crippen molar-refractivity contribution in [3.8, 4) is 0 Å². The van der Waals surface area contributed by atoms with Gasteiger partial charge in [0.05, 0.1) is 0 Å². The topological polar surface area (TPSA) is 26.3 Å². The Morgan fingerprint density at radius 3 is 2.45 bits per heavy atom. The SMILES string of the molecule is O=C1CCCC(C(F)(F)F)O1. The van der Waals surface area contributed by atoms with Crippen LogP contribution in [0.2, 0.25) is 0 Å². The maximum absolute atomic E-state index is 11.8. The van der Waals surface area contributed by atoms with Crippen molar-refractivity contribution in [1.29, 1.82) is 0 Å². The van der Waals surface area contributed by atoms with Gasteiger partial charge in [-0.05, 0) is 12.8 Å². The Morgan fingerprint density at radius 2 is 2.09 bits per heavy atom. The van der Waals surface area contributed by atoms with E-state index >= 15 is 0 Å². The Balaban J connectivity index is 2.53. The van der Waals surface area contributed by atoms with E-state index in [0.29, 0.717) is 0 Å². The van der Waals surface area contributed by atoms with Gasteiger partial charge in [0.1, 0.15) is 0 Å². The summed E-state index contributed by atoms with van der Waals surface area (Å²) in [6, 6.07) is 0. The number of cyclic esters (lactones) is 1. The number of alkyl halides is 3. The first kappa shape index (κ1) is 8.36. The molecule has 2 nitrogen and oxygen atoms in total. The van der Waals surface area contributed by atoms with Crippen LogP contribution in [-0.4, -0.2) is 18.2 Å². The third-order valence-corrected chi connectivity index (χ3v) is 1.49. The van der Waals surface area contributed by atoms with Crippen molar-refractivity contribution in [2.75, 3.05) is 0 Å². The lowest BCUT2D eigenvalue weighted by atomic mass is 10.1. The van der Waals surface area contributed by atoms with Gasteiger partial charge in [0.25, 0.3) is 0 Å². The van der Waals surface area contributed by atoms with Crippen LogP contribution in [0.15, 0.2) is 0 Å². The maximum atomic E-state index is 11.8. The van der Waals surface area contributed by atoms with Crippen LogP contribution in [0.4, 0.5) is 13.2 Å². The normalized spacial score (nSPS) is 26.5. The fraction of sp³-hybridized carbons (Fsp3) is 0.833. The zero-order chi connectivity index (χ0) is 8.48. The fourth-order valence-corrected chi connectivity index (χ4v) is 0.939. The Hall–Kier alpha value is -0.740. The van der Waals surface area contributed by atoms with Crippen molar-refractivity contribution < 1.29 is 22.7 Å². The summed E-state index contributed by atoms with van der Waals surface area (Å²) in [5.41, 5.74) is 0. The minimum absolute atomic E-state index is 0.102. The zero-order valence-electron chi connectivity index (χ0n) is 5.65. The minimum Gasteiger partial charge on any atom is -0.453 e. The quantitative estimate of drug-likeness (QED) is 0.514. The highest BCUT2D eigenvalue weighted by molar-refractivity contribution is 5.70. The summed E-state index contributed by atoms with van der Waals surface area (Å²) in [5.74, 6) is -0.751. The molecule has 5 heteroatoms. The summed E-state index contributed by atoms with van der Waals surface area (Å²) in [6.45, 7) is 0. The Bertz CT molecular complexity index is 164. The number of hydrogen-bond acceptors (Lipinski definition) is 2. The minimum atomic E-state index is -4.39. The van der Waals surface area contributed by atoms with Crippen LogP contribution in [0.5, 0.6) is 0 Å². The third kappa shape index (κ3) is 2.10. The van der Waals surface area contributed by atoms with Gasteiger partial charge in [-0.3, -0.25) is 4.79 Å². The standard InChI is InChI=1S/C6H7F3O2/c7-6(8,9)4-2-1-3-5(10)11-4/h4H,1-3H2. The molecular formula is C6H7F3O2. The van der Waals surface area contributed by atoms with E-state index in [-0.39, 0.29) is 19.3 Å². The summed E-state index contributed by atoms with van der Waals surface area (Å²) < 4.78 is 39.6. The lowest BCUT2D eigenvalue weighted by Crippen LogP contribution is -2.36. The lowest BCUT2D eigenvalue weighted by Gasteiger charge is -2.23. The molecule has 1 aliphatic rings. The van der Waals surface area contributed by atoms with Crippen molar-refractivity contribution in [3.05, 3.63) is 0 Å². The van der Waals surface area contributed by atoms with Crippen LogP contribution in [0.1, 0.15) is 19.3 Å². The van der Waals surface area contributed by atoms with E-state index in [0.717, 1.165) is 0 Å². The number of ether oxygens (including phenoxy) is 1.